The van der Waals surface area contributed by atoms with Crippen LogP contribution in [0.5, 0.6) is 0 Å². The molecule has 0 bridgehead atoms. The summed E-state index contributed by atoms with van der Waals surface area (Å²) >= 11 is 11.7. The van der Waals surface area contributed by atoms with Crippen molar-refractivity contribution in [3.05, 3.63) is 52.5 Å². The highest BCUT2D eigenvalue weighted by molar-refractivity contribution is 7.92. The van der Waals surface area contributed by atoms with Crippen LogP contribution in [0.2, 0.25) is 10.0 Å². The van der Waals surface area contributed by atoms with Crippen molar-refractivity contribution in [2.45, 2.75) is 4.90 Å². The summed E-state index contributed by atoms with van der Waals surface area (Å²) < 4.78 is 26.1. The summed E-state index contributed by atoms with van der Waals surface area (Å²) in [5.74, 6) is 0. The molecule has 2 rings (SSSR count). The van der Waals surface area contributed by atoms with Crippen LogP contribution >= 0.6 is 23.2 Å². The van der Waals surface area contributed by atoms with Crippen molar-refractivity contribution >= 4 is 44.6 Å². The van der Waals surface area contributed by atoms with E-state index in [9.17, 15) is 8.42 Å². The second-order valence-electron chi connectivity index (χ2n) is 4.14. The standard InChI is InChI=1S/C13H12Cl2N2O2S/c1-17(10-4-2-9(16)3-5-10)20(18,19)11-6-7-12(14)13(15)8-11/h2-8H,16H2,1H3. The number of nitrogens with zero attached hydrogens (tertiary/aromatic N) is 1. The number of benzene rings is 2. The second kappa shape index (κ2) is 5.52. The molecule has 106 valence electrons. The summed E-state index contributed by atoms with van der Waals surface area (Å²) in [4.78, 5) is 0.0752. The van der Waals surface area contributed by atoms with E-state index in [1.54, 1.807) is 24.3 Å². The predicted molar refractivity (Wildman–Crippen MR) is 82.9 cm³/mol. The lowest BCUT2D eigenvalue weighted by atomic mass is 10.3. The second-order valence-corrected chi connectivity index (χ2v) is 6.92. The van der Waals surface area contributed by atoms with Gasteiger partial charge in [0, 0.05) is 12.7 Å². The van der Waals surface area contributed by atoms with Crippen LogP contribution in [0.15, 0.2) is 47.4 Å². The number of sulfonamides is 1. The van der Waals surface area contributed by atoms with E-state index in [0.29, 0.717) is 16.4 Å². The first-order valence-electron chi connectivity index (χ1n) is 5.62. The van der Waals surface area contributed by atoms with Crippen LogP contribution in [0.3, 0.4) is 0 Å². The zero-order valence-electron chi connectivity index (χ0n) is 10.5. The molecule has 0 aliphatic carbocycles. The fraction of sp³-hybridized carbons (Fsp3) is 0.0769. The monoisotopic (exact) mass is 330 g/mol. The van der Waals surface area contributed by atoms with Gasteiger partial charge in [0.15, 0.2) is 0 Å². The molecule has 0 aliphatic heterocycles. The number of anilines is 2. The molecule has 2 aromatic rings. The molecule has 0 saturated heterocycles. The largest absolute Gasteiger partial charge is 0.399 e. The van der Waals surface area contributed by atoms with Crippen molar-refractivity contribution < 1.29 is 8.42 Å². The smallest absolute Gasteiger partial charge is 0.264 e. The van der Waals surface area contributed by atoms with E-state index in [1.807, 2.05) is 0 Å². The Balaban J connectivity index is 2.43. The Hall–Kier alpha value is -1.43. The maximum atomic E-state index is 12.5. The van der Waals surface area contributed by atoms with E-state index < -0.39 is 10.0 Å². The van der Waals surface area contributed by atoms with Crippen LogP contribution < -0.4 is 10.0 Å². The fourth-order valence-corrected chi connectivity index (χ4v) is 3.20. The number of rotatable bonds is 3. The molecule has 0 unspecified atom stereocenters. The highest BCUT2D eigenvalue weighted by Gasteiger charge is 2.22. The number of nitrogen functional groups attached to an aromatic ring is 1. The van der Waals surface area contributed by atoms with Gasteiger partial charge in [-0.3, -0.25) is 4.31 Å². The molecule has 0 radical (unpaired) electrons. The molecular weight excluding hydrogens is 319 g/mol. The highest BCUT2D eigenvalue weighted by Crippen LogP contribution is 2.28. The van der Waals surface area contributed by atoms with Crippen molar-refractivity contribution in [1.82, 2.24) is 0 Å². The summed E-state index contributed by atoms with van der Waals surface area (Å²) in [6.07, 6.45) is 0. The van der Waals surface area contributed by atoms with Gasteiger partial charge in [0.05, 0.1) is 20.6 Å². The Morgan fingerprint density at radius 3 is 2.15 bits per heavy atom. The van der Waals surface area contributed by atoms with Gasteiger partial charge in [0.1, 0.15) is 0 Å². The van der Waals surface area contributed by atoms with Crippen molar-refractivity contribution in [2.75, 3.05) is 17.1 Å². The molecule has 20 heavy (non-hydrogen) atoms. The molecule has 2 N–H and O–H groups in total. The van der Waals surface area contributed by atoms with Crippen molar-refractivity contribution in [2.24, 2.45) is 0 Å². The van der Waals surface area contributed by atoms with Gasteiger partial charge < -0.3 is 5.73 Å². The van der Waals surface area contributed by atoms with Crippen molar-refractivity contribution in [3.8, 4) is 0 Å². The minimum atomic E-state index is -3.69. The first-order chi connectivity index (χ1) is 9.32. The first-order valence-corrected chi connectivity index (χ1v) is 7.81. The molecule has 4 nitrogen and oxygen atoms in total. The lowest BCUT2D eigenvalue weighted by Crippen LogP contribution is -2.26. The third-order valence-corrected chi connectivity index (χ3v) is 5.33. The first kappa shape index (κ1) is 15.0. The molecule has 0 atom stereocenters. The molecule has 0 amide bonds. The van der Waals surface area contributed by atoms with Crippen LogP contribution in [-0.2, 0) is 10.0 Å². The lowest BCUT2D eigenvalue weighted by molar-refractivity contribution is 0.594. The number of hydrogen-bond acceptors (Lipinski definition) is 3. The Bertz CT molecular complexity index is 731. The van der Waals surface area contributed by atoms with Gasteiger partial charge in [-0.05, 0) is 42.5 Å². The maximum Gasteiger partial charge on any atom is 0.264 e. The zero-order chi connectivity index (χ0) is 14.9. The van der Waals surface area contributed by atoms with Gasteiger partial charge in [0.2, 0.25) is 0 Å². The third kappa shape index (κ3) is 2.85. The molecule has 2 aromatic carbocycles. The van der Waals surface area contributed by atoms with Crippen LogP contribution in [0, 0.1) is 0 Å². The molecule has 0 heterocycles. The normalized spacial score (nSPS) is 11.3. The molecule has 0 spiro atoms. The molecular formula is C13H12Cl2N2O2S. The summed E-state index contributed by atoms with van der Waals surface area (Å²) in [6, 6.07) is 10.7. The molecule has 0 aliphatic rings. The minimum Gasteiger partial charge on any atom is -0.399 e. The van der Waals surface area contributed by atoms with E-state index in [-0.39, 0.29) is 9.92 Å². The minimum absolute atomic E-state index is 0.0752. The molecule has 0 aromatic heterocycles. The van der Waals surface area contributed by atoms with Gasteiger partial charge in [0.25, 0.3) is 10.0 Å². The maximum absolute atomic E-state index is 12.5. The van der Waals surface area contributed by atoms with E-state index >= 15 is 0 Å². The topological polar surface area (TPSA) is 63.4 Å². The van der Waals surface area contributed by atoms with E-state index in [0.717, 1.165) is 4.31 Å². The summed E-state index contributed by atoms with van der Waals surface area (Å²) in [5, 5.41) is 0.499. The van der Waals surface area contributed by atoms with Crippen LogP contribution in [0.25, 0.3) is 0 Å². The average molecular weight is 331 g/mol. The molecule has 7 heteroatoms. The number of nitrogens with two attached hydrogens (primary N) is 1. The quantitative estimate of drug-likeness (QED) is 0.877. The van der Waals surface area contributed by atoms with E-state index in [2.05, 4.69) is 0 Å². The van der Waals surface area contributed by atoms with Crippen LogP contribution in [0.1, 0.15) is 0 Å². The Morgan fingerprint density at radius 1 is 1.00 bits per heavy atom. The Labute approximate surface area is 127 Å². The van der Waals surface area contributed by atoms with E-state index in [1.165, 1.54) is 25.2 Å². The van der Waals surface area contributed by atoms with Crippen LogP contribution in [-0.4, -0.2) is 15.5 Å². The van der Waals surface area contributed by atoms with Crippen LogP contribution in [0.4, 0.5) is 11.4 Å². The third-order valence-electron chi connectivity index (χ3n) is 2.81. The fourth-order valence-electron chi connectivity index (χ4n) is 1.62. The van der Waals surface area contributed by atoms with Gasteiger partial charge >= 0.3 is 0 Å². The van der Waals surface area contributed by atoms with Gasteiger partial charge in [-0.1, -0.05) is 23.2 Å². The Morgan fingerprint density at radius 2 is 1.60 bits per heavy atom. The number of halogens is 2. The zero-order valence-corrected chi connectivity index (χ0v) is 12.9. The lowest BCUT2D eigenvalue weighted by Gasteiger charge is -2.19. The SMILES string of the molecule is CN(c1ccc(N)cc1)S(=O)(=O)c1ccc(Cl)c(Cl)c1. The van der Waals surface area contributed by atoms with Gasteiger partial charge in [-0.2, -0.15) is 0 Å². The van der Waals surface area contributed by atoms with Gasteiger partial charge in [-0.25, -0.2) is 8.42 Å². The molecule has 0 saturated carbocycles. The van der Waals surface area contributed by atoms with Gasteiger partial charge in [-0.15, -0.1) is 0 Å². The van der Waals surface area contributed by atoms with Crippen molar-refractivity contribution in [1.29, 1.82) is 0 Å². The molecule has 0 fully saturated rings. The van der Waals surface area contributed by atoms with Crippen molar-refractivity contribution in [3.63, 3.8) is 0 Å². The summed E-state index contributed by atoms with van der Waals surface area (Å²) in [5.41, 5.74) is 6.65. The average Bonchev–Trinajstić information content (AvgIpc) is 2.41. The summed E-state index contributed by atoms with van der Waals surface area (Å²) in [7, 11) is -2.23. The highest BCUT2D eigenvalue weighted by atomic mass is 35.5. The number of hydrogen-bond donors (Lipinski definition) is 1. The summed E-state index contributed by atoms with van der Waals surface area (Å²) in [6.45, 7) is 0. The van der Waals surface area contributed by atoms with E-state index in [4.69, 9.17) is 28.9 Å². The predicted octanol–water partition coefficient (Wildman–Crippen LogP) is 3.40. The Kier molecular flexibility index (Phi) is 4.13.